The van der Waals surface area contributed by atoms with Crippen molar-refractivity contribution in [2.75, 3.05) is 35.5 Å². The molecule has 1 aromatic carbocycles. The lowest BCUT2D eigenvalue weighted by molar-refractivity contribution is -0.137. The number of rotatable bonds is 7. The number of carbonyl (C=O) groups is 1. The maximum absolute atomic E-state index is 12.9. The van der Waals surface area contributed by atoms with Gasteiger partial charge >= 0.3 is 0 Å². The lowest BCUT2D eigenvalue weighted by Crippen LogP contribution is -2.40. The van der Waals surface area contributed by atoms with Gasteiger partial charge in [-0.2, -0.15) is 0 Å². The van der Waals surface area contributed by atoms with Crippen LogP contribution in [0.4, 0.5) is 0 Å². The molecule has 1 aliphatic carbocycles. The maximum atomic E-state index is 12.9. The van der Waals surface area contributed by atoms with E-state index in [9.17, 15) is 4.79 Å². The van der Waals surface area contributed by atoms with Crippen molar-refractivity contribution in [1.82, 2.24) is 0 Å². The van der Waals surface area contributed by atoms with Crippen molar-refractivity contribution in [1.29, 1.82) is 0 Å². The Kier molecular flexibility index (Phi) is 5.19. The van der Waals surface area contributed by atoms with Gasteiger partial charge in [0, 0.05) is 25.7 Å². The summed E-state index contributed by atoms with van der Waals surface area (Å²) in [6, 6.07) is 1.69. The molecule has 0 fully saturated rings. The minimum absolute atomic E-state index is 0.259. The Morgan fingerprint density at radius 2 is 1.71 bits per heavy atom. The molecule has 24 heavy (non-hydrogen) atoms. The molecule has 0 saturated heterocycles. The first-order valence-corrected chi connectivity index (χ1v) is 7.34. The molecule has 0 saturated carbocycles. The van der Waals surface area contributed by atoms with Crippen LogP contribution in [-0.2, 0) is 19.9 Å². The summed E-state index contributed by atoms with van der Waals surface area (Å²) >= 11 is 0. The van der Waals surface area contributed by atoms with Gasteiger partial charge in [0.05, 0.1) is 39.6 Å². The van der Waals surface area contributed by atoms with E-state index in [-0.39, 0.29) is 12.2 Å². The molecule has 6 heteroatoms. The van der Waals surface area contributed by atoms with Crippen molar-refractivity contribution in [2.45, 2.75) is 12.0 Å². The Bertz CT molecular complexity index is 691. The Labute approximate surface area is 141 Å². The lowest BCUT2D eigenvalue weighted by Gasteiger charge is -2.36. The summed E-state index contributed by atoms with van der Waals surface area (Å²) in [5.74, 6) is 1.44. The number of methoxy groups -OCH3 is 5. The van der Waals surface area contributed by atoms with Gasteiger partial charge in [0.2, 0.25) is 0 Å². The van der Waals surface area contributed by atoms with Crippen LogP contribution in [0.3, 0.4) is 0 Å². The molecule has 0 spiro atoms. The molecule has 0 bridgehead atoms. The van der Waals surface area contributed by atoms with E-state index in [0.29, 0.717) is 34.1 Å². The van der Waals surface area contributed by atoms with Crippen LogP contribution in [0.1, 0.15) is 17.5 Å². The van der Waals surface area contributed by atoms with Crippen LogP contribution in [-0.4, -0.2) is 41.3 Å². The molecule has 0 N–H and O–H groups in total. The normalized spacial score (nSPS) is 19.2. The topological polar surface area (TPSA) is 63.2 Å². The molecule has 0 aliphatic heterocycles. The van der Waals surface area contributed by atoms with Gasteiger partial charge in [-0.05, 0) is 0 Å². The average molecular weight is 334 g/mol. The van der Waals surface area contributed by atoms with Crippen molar-refractivity contribution >= 4 is 11.5 Å². The van der Waals surface area contributed by atoms with Crippen LogP contribution < -0.4 is 14.2 Å². The molecule has 130 valence electrons. The molecular weight excluding hydrogens is 312 g/mol. The van der Waals surface area contributed by atoms with Gasteiger partial charge in [0.25, 0.3) is 0 Å². The van der Waals surface area contributed by atoms with E-state index in [1.54, 1.807) is 12.1 Å². The monoisotopic (exact) mass is 334 g/mol. The van der Waals surface area contributed by atoms with Crippen molar-refractivity contribution < 1.29 is 28.5 Å². The third-order valence-corrected chi connectivity index (χ3v) is 4.16. The van der Waals surface area contributed by atoms with Gasteiger partial charge < -0.3 is 23.7 Å². The number of ketones is 1. The molecule has 0 aromatic heterocycles. The van der Waals surface area contributed by atoms with Gasteiger partial charge in [0.1, 0.15) is 11.5 Å². The molecule has 0 radical (unpaired) electrons. The van der Waals surface area contributed by atoms with Crippen LogP contribution in [0.15, 0.2) is 24.8 Å². The SMILES string of the molecule is C=CCC1(OC)C(=O)C=C(OC)c2c(OC)cc(OC)c(OC)c21. The van der Waals surface area contributed by atoms with E-state index < -0.39 is 5.60 Å². The first-order chi connectivity index (χ1) is 11.5. The van der Waals surface area contributed by atoms with E-state index in [4.69, 9.17) is 23.7 Å². The molecular formula is C18H22O6. The molecule has 1 aromatic rings. The second-order valence-corrected chi connectivity index (χ2v) is 5.17. The number of hydrogen-bond donors (Lipinski definition) is 0. The van der Waals surface area contributed by atoms with Gasteiger partial charge in [-0.15, -0.1) is 6.58 Å². The highest BCUT2D eigenvalue weighted by Crippen LogP contribution is 2.52. The smallest absolute Gasteiger partial charge is 0.196 e. The minimum atomic E-state index is -1.29. The molecule has 0 amide bonds. The standard InChI is InChI=1S/C18H22O6/c1-7-8-18(24-6)14(19)10-12(21-3)15-11(20-2)9-13(22-4)17(23-5)16(15)18/h7,9-10H,1,8H2,2-6H3. The zero-order chi connectivity index (χ0) is 17.9. The van der Waals surface area contributed by atoms with Gasteiger partial charge in [-0.1, -0.05) is 6.08 Å². The summed E-state index contributed by atoms with van der Waals surface area (Å²) < 4.78 is 27.5. The molecule has 1 unspecified atom stereocenters. The third kappa shape index (κ3) is 2.43. The number of hydrogen-bond acceptors (Lipinski definition) is 6. The Hall–Kier alpha value is -2.47. The zero-order valence-corrected chi connectivity index (χ0v) is 14.6. The van der Waals surface area contributed by atoms with E-state index in [2.05, 4.69) is 6.58 Å². The summed E-state index contributed by atoms with van der Waals surface area (Å²) in [5.41, 5.74) is -0.180. The van der Waals surface area contributed by atoms with E-state index in [1.807, 2.05) is 0 Å². The summed E-state index contributed by atoms with van der Waals surface area (Å²) in [6.07, 6.45) is 3.29. The summed E-state index contributed by atoms with van der Waals surface area (Å²) in [5, 5.41) is 0. The zero-order valence-electron chi connectivity index (χ0n) is 14.6. The second-order valence-electron chi connectivity index (χ2n) is 5.17. The summed E-state index contributed by atoms with van der Waals surface area (Å²) in [4.78, 5) is 12.9. The average Bonchev–Trinajstić information content (AvgIpc) is 2.61. The number of fused-ring (bicyclic) bond motifs is 1. The number of ether oxygens (including phenoxy) is 5. The van der Waals surface area contributed by atoms with E-state index >= 15 is 0 Å². The predicted molar refractivity (Wildman–Crippen MR) is 89.6 cm³/mol. The van der Waals surface area contributed by atoms with Crippen LogP contribution in [0, 0.1) is 0 Å². The Morgan fingerprint density at radius 3 is 2.17 bits per heavy atom. The maximum Gasteiger partial charge on any atom is 0.196 e. The Morgan fingerprint density at radius 1 is 1.04 bits per heavy atom. The van der Waals surface area contributed by atoms with Crippen molar-refractivity contribution in [3.05, 3.63) is 35.9 Å². The number of benzene rings is 1. The van der Waals surface area contributed by atoms with Crippen LogP contribution in [0.5, 0.6) is 17.2 Å². The first-order valence-electron chi connectivity index (χ1n) is 7.34. The van der Waals surface area contributed by atoms with Crippen molar-refractivity contribution in [3.8, 4) is 17.2 Å². The van der Waals surface area contributed by atoms with Gasteiger partial charge in [-0.25, -0.2) is 0 Å². The quantitative estimate of drug-likeness (QED) is 0.715. The van der Waals surface area contributed by atoms with Gasteiger partial charge in [-0.3, -0.25) is 4.79 Å². The summed E-state index contributed by atoms with van der Waals surface area (Å²) in [6.45, 7) is 3.75. The lowest BCUT2D eigenvalue weighted by atomic mass is 9.77. The van der Waals surface area contributed by atoms with Crippen molar-refractivity contribution in [2.24, 2.45) is 0 Å². The summed E-state index contributed by atoms with van der Waals surface area (Å²) in [7, 11) is 7.53. The van der Waals surface area contributed by atoms with Crippen LogP contribution in [0.25, 0.3) is 5.76 Å². The van der Waals surface area contributed by atoms with E-state index in [1.165, 1.54) is 41.6 Å². The highest BCUT2D eigenvalue weighted by molar-refractivity contribution is 6.07. The fourth-order valence-electron chi connectivity index (χ4n) is 3.05. The van der Waals surface area contributed by atoms with E-state index in [0.717, 1.165) is 0 Å². The van der Waals surface area contributed by atoms with Crippen molar-refractivity contribution in [3.63, 3.8) is 0 Å². The molecule has 0 heterocycles. The van der Waals surface area contributed by atoms with Crippen LogP contribution >= 0.6 is 0 Å². The fourth-order valence-corrected chi connectivity index (χ4v) is 3.05. The highest BCUT2D eigenvalue weighted by Gasteiger charge is 2.48. The Balaban J connectivity index is 2.99. The third-order valence-electron chi connectivity index (χ3n) is 4.16. The highest BCUT2D eigenvalue weighted by atomic mass is 16.5. The molecule has 1 aliphatic rings. The predicted octanol–water partition coefficient (Wildman–Crippen LogP) is 2.70. The minimum Gasteiger partial charge on any atom is -0.496 e. The largest absolute Gasteiger partial charge is 0.496 e. The fraction of sp³-hybridized carbons (Fsp3) is 0.389. The van der Waals surface area contributed by atoms with Crippen LogP contribution in [0.2, 0.25) is 0 Å². The second kappa shape index (κ2) is 6.97. The molecule has 6 nitrogen and oxygen atoms in total. The molecule has 2 rings (SSSR count). The van der Waals surface area contributed by atoms with Gasteiger partial charge in [0.15, 0.2) is 22.9 Å². The molecule has 1 atom stereocenters. The first kappa shape index (κ1) is 17.9. The number of carbonyl (C=O) groups excluding carboxylic acids is 1.